The Morgan fingerprint density at radius 1 is 1.03 bits per heavy atom. The van der Waals surface area contributed by atoms with Crippen molar-refractivity contribution >= 4 is 0 Å². The highest BCUT2D eigenvalue weighted by Gasteiger charge is 2.20. The summed E-state index contributed by atoms with van der Waals surface area (Å²) < 4.78 is 19.3. The van der Waals surface area contributed by atoms with E-state index in [0.29, 0.717) is 18.2 Å². The molecule has 1 saturated heterocycles. The Balaban J connectivity index is 1.73. The average molecular weight is 409 g/mol. The number of likely N-dealkylation sites (tertiary alicyclic amines) is 1. The van der Waals surface area contributed by atoms with Crippen molar-refractivity contribution in [3.8, 4) is 28.5 Å². The minimum Gasteiger partial charge on any atom is -0.493 e. The third-order valence-electron chi connectivity index (χ3n) is 5.51. The summed E-state index contributed by atoms with van der Waals surface area (Å²) in [5.41, 5.74) is 4.03. The molecule has 4 rings (SSSR count). The van der Waals surface area contributed by atoms with Crippen molar-refractivity contribution < 1.29 is 14.2 Å². The number of methoxy groups -OCH3 is 2. The molecule has 2 aromatic heterocycles. The van der Waals surface area contributed by atoms with Gasteiger partial charge in [-0.05, 0) is 61.8 Å². The number of hydrogen-bond acceptors (Lipinski definition) is 6. The molecular formula is C23H28N4O3. The van der Waals surface area contributed by atoms with Gasteiger partial charge in [-0.2, -0.15) is 5.10 Å². The highest BCUT2D eigenvalue weighted by Crippen LogP contribution is 2.40. The van der Waals surface area contributed by atoms with Crippen molar-refractivity contribution in [2.75, 3.05) is 27.3 Å². The number of benzene rings is 1. The summed E-state index contributed by atoms with van der Waals surface area (Å²) >= 11 is 0. The highest BCUT2D eigenvalue weighted by molar-refractivity contribution is 5.72. The maximum atomic E-state index is 6.28. The van der Waals surface area contributed by atoms with Gasteiger partial charge in [0.25, 0.3) is 0 Å². The second-order valence-electron chi connectivity index (χ2n) is 7.45. The molecule has 1 aliphatic rings. The van der Waals surface area contributed by atoms with E-state index in [1.165, 1.54) is 12.8 Å². The van der Waals surface area contributed by atoms with Crippen LogP contribution in [-0.2, 0) is 20.2 Å². The number of pyridine rings is 1. The monoisotopic (exact) mass is 408 g/mol. The number of aryl methyl sites for hydroxylation is 1. The van der Waals surface area contributed by atoms with Gasteiger partial charge in [0, 0.05) is 37.1 Å². The molecule has 1 aromatic carbocycles. The zero-order valence-corrected chi connectivity index (χ0v) is 17.8. The topological polar surface area (TPSA) is 61.6 Å². The molecule has 0 bridgehead atoms. The van der Waals surface area contributed by atoms with Gasteiger partial charge in [0.1, 0.15) is 6.61 Å². The van der Waals surface area contributed by atoms with Crippen LogP contribution in [0, 0.1) is 0 Å². The van der Waals surface area contributed by atoms with Gasteiger partial charge in [0.05, 0.1) is 19.9 Å². The SMILES string of the molecule is COc1cc(-c2cccnc2OC)cc(CN2CCCC2)c1OCc1ccnn1C. The minimum atomic E-state index is 0.426. The van der Waals surface area contributed by atoms with E-state index in [1.807, 2.05) is 36.0 Å². The maximum absolute atomic E-state index is 6.28. The lowest BCUT2D eigenvalue weighted by atomic mass is 10.0. The van der Waals surface area contributed by atoms with Crippen LogP contribution in [0.15, 0.2) is 42.7 Å². The summed E-state index contributed by atoms with van der Waals surface area (Å²) in [7, 11) is 5.23. The van der Waals surface area contributed by atoms with E-state index in [2.05, 4.69) is 21.0 Å². The summed E-state index contributed by atoms with van der Waals surface area (Å²) in [4.78, 5) is 6.80. The highest BCUT2D eigenvalue weighted by atomic mass is 16.5. The first-order valence-corrected chi connectivity index (χ1v) is 10.2. The summed E-state index contributed by atoms with van der Waals surface area (Å²) in [5, 5.41) is 4.23. The summed E-state index contributed by atoms with van der Waals surface area (Å²) in [6.45, 7) is 3.44. The van der Waals surface area contributed by atoms with Crippen LogP contribution < -0.4 is 14.2 Å². The van der Waals surface area contributed by atoms with Crippen LogP contribution in [0.1, 0.15) is 24.1 Å². The van der Waals surface area contributed by atoms with Gasteiger partial charge < -0.3 is 14.2 Å². The van der Waals surface area contributed by atoms with Crippen molar-refractivity contribution in [2.24, 2.45) is 7.05 Å². The molecule has 3 heterocycles. The molecule has 0 atom stereocenters. The van der Waals surface area contributed by atoms with Crippen molar-refractivity contribution in [2.45, 2.75) is 26.0 Å². The second kappa shape index (κ2) is 9.17. The largest absolute Gasteiger partial charge is 0.493 e. The first-order valence-electron chi connectivity index (χ1n) is 10.2. The first-order chi connectivity index (χ1) is 14.7. The van der Waals surface area contributed by atoms with E-state index < -0.39 is 0 Å². The number of aromatic nitrogens is 3. The Morgan fingerprint density at radius 3 is 2.57 bits per heavy atom. The number of ether oxygens (including phenoxy) is 3. The van der Waals surface area contributed by atoms with Gasteiger partial charge >= 0.3 is 0 Å². The average Bonchev–Trinajstić information content (AvgIpc) is 3.44. The molecule has 7 nitrogen and oxygen atoms in total. The van der Waals surface area contributed by atoms with E-state index in [0.717, 1.165) is 47.8 Å². The molecule has 7 heteroatoms. The van der Waals surface area contributed by atoms with Crippen molar-refractivity contribution in [3.05, 3.63) is 54.0 Å². The van der Waals surface area contributed by atoms with Crippen LogP contribution in [0.25, 0.3) is 11.1 Å². The Labute approximate surface area is 177 Å². The van der Waals surface area contributed by atoms with Gasteiger partial charge in [-0.1, -0.05) is 0 Å². The molecular weight excluding hydrogens is 380 g/mol. The van der Waals surface area contributed by atoms with Gasteiger partial charge in [-0.3, -0.25) is 9.58 Å². The van der Waals surface area contributed by atoms with Crippen molar-refractivity contribution in [1.29, 1.82) is 0 Å². The molecule has 158 valence electrons. The lowest BCUT2D eigenvalue weighted by molar-refractivity contribution is 0.262. The summed E-state index contributed by atoms with van der Waals surface area (Å²) in [5.74, 6) is 2.07. The van der Waals surface area contributed by atoms with Crippen LogP contribution in [-0.4, -0.2) is 47.0 Å². The Morgan fingerprint density at radius 2 is 1.87 bits per heavy atom. The fourth-order valence-corrected chi connectivity index (χ4v) is 3.89. The summed E-state index contributed by atoms with van der Waals surface area (Å²) in [6, 6.07) is 10.0. The minimum absolute atomic E-state index is 0.426. The molecule has 0 saturated carbocycles. The third-order valence-corrected chi connectivity index (χ3v) is 5.51. The van der Waals surface area contributed by atoms with E-state index in [1.54, 1.807) is 26.6 Å². The number of hydrogen-bond donors (Lipinski definition) is 0. The Kier molecular flexibility index (Phi) is 6.18. The second-order valence-corrected chi connectivity index (χ2v) is 7.45. The lowest BCUT2D eigenvalue weighted by Crippen LogP contribution is -2.19. The van der Waals surface area contributed by atoms with Gasteiger partial charge in [0.2, 0.25) is 5.88 Å². The molecule has 0 spiro atoms. The molecule has 3 aromatic rings. The zero-order valence-electron chi connectivity index (χ0n) is 17.8. The van der Waals surface area contributed by atoms with Crippen molar-refractivity contribution in [1.82, 2.24) is 19.7 Å². The van der Waals surface area contributed by atoms with Crippen molar-refractivity contribution in [3.63, 3.8) is 0 Å². The molecule has 0 aliphatic carbocycles. The van der Waals surface area contributed by atoms with E-state index >= 15 is 0 Å². The lowest BCUT2D eigenvalue weighted by Gasteiger charge is -2.21. The smallest absolute Gasteiger partial charge is 0.221 e. The first kappa shape index (κ1) is 20.2. The molecule has 0 unspecified atom stereocenters. The van der Waals surface area contributed by atoms with Crippen LogP contribution in [0.3, 0.4) is 0 Å². The number of nitrogens with zero attached hydrogens (tertiary/aromatic N) is 4. The normalized spacial score (nSPS) is 14.1. The van der Waals surface area contributed by atoms with Crippen LogP contribution >= 0.6 is 0 Å². The fourth-order valence-electron chi connectivity index (χ4n) is 3.89. The van der Waals surface area contributed by atoms with Gasteiger partial charge in [0.15, 0.2) is 11.5 Å². The third kappa shape index (κ3) is 4.26. The predicted octanol–water partition coefficient (Wildman–Crippen LogP) is 3.67. The van der Waals surface area contributed by atoms with Crippen LogP contribution in [0.5, 0.6) is 17.4 Å². The van der Waals surface area contributed by atoms with E-state index in [-0.39, 0.29) is 0 Å². The number of rotatable bonds is 8. The summed E-state index contributed by atoms with van der Waals surface area (Å²) in [6.07, 6.45) is 5.98. The molecule has 0 amide bonds. The Bertz CT molecular complexity index is 996. The Hall–Kier alpha value is -3.06. The zero-order chi connectivity index (χ0) is 20.9. The molecule has 30 heavy (non-hydrogen) atoms. The predicted molar refractivity (Wildman–Crippen MR) is 115 cm³/mol. The van der Waals surface area contributed by atoms with Gasteiger partial charge in [-0.15, -0.1) is 0 Å². The van der Waals surface area contributed by atoms with Gasteiger partial charge in [-0.25, -0.2) is 4.98 Å². The molecule has 0 N–H and O–H groups in total. The van der Waals surface area contributed by atoms with Crippen LogP contribution in [0.4, 0.5) is 0 Å². The molecule has 1 fully saturated rings. The van der Waals surface area contributed by atoms with E-state index in [9.17, 15) is 0 Å². The van der Waals surface area contributed by atoms with Crippen LogP contribution in [0.2, 0.25) is 0 Å². The maximum Gasteiger partial charge on any atom is 0.221 e. The quantitative estimate of drug-likeness (QED) is 0.567. The van der Waals surface area contributed by atoms with E-state index in [4.69, 9.17) is 14.2 Å². The fraction of sp³-hybridized carbons (Fsp3) is 0.391. The standard InChI is InChI=1S/C23H28N4O3/c1-26-19(8-10-25-26)16-30-22-18(15-27-11-4-5-12-27)13-17(14-21(22)28-2)20-7-6-9-24-23(20)29-3/h6-10,13-14H,4-5,11-12,15-16H2,1-3H3. The molecule has 1 aliphatic heterocycles. The molecule has 0 radical (unpaired) electrons.